The topological polar surface area (TPSA) is 29.9 Å². The highest BCUT2D eigenvalue weighted by atomic mass is 15.1. The van der Waals surface area contributed by atoms with Crippen LogP contribution in [0, 0.1) is 5.92 Å². The molecule has 1 aliphatic carbocycles. The molecule has 1 aromatic heterocycles. The molecule has 1 unspecified atom stereocenters. The van der Waals surface area contributed by atoms with Gasteiger partial charge in [0, 0.05) is 19.0 Å². The molecule has 1 N–H and O–H groups in total. The molecule has 1 aromatic carbocycles. The number of imidazole rings is 1. The zero-order chi connectivity index (χ0) is 14.7. The first-order valence-corrected chi connectivity index (χ1v) is 8.51. The number of hydrogen-bond donors (Lipinski definition) is 1. The highest BCUT2D eigenvalue weighted by molar-refractivity contribution is 5.75. The van der Waals surface area contributed by atoms with Crippen molar-refractivity contribution >= 4 is 11.0 Å². The van der Waals surface area contributed by atoms with Crippen LogP contribution < -0.4 is 5.32 Å². The molecular weight excluding hydrogens is 258 g/mol. The molecule has 2 aromatic rings. The van der Waals surface area contributed by atoms with Gasteiger partial charge in [0.2, 0.25) is 0 Å². The van der Waals surface area contributed by atoms with Crippen molar-refractivity contribution in [3.8, 4) is 0 Å². The van der Waals surface area contributed by atoms with E-state index in [-0.39, 0.29) is 0 Å². The van der Waals surface area contributed by atoms with E-state index in [1.807, 2.05) is 0 Å². The third-order valence-electron chi connectivity index (χ3n) is 4.89. The van der Waals surface area contributed by atoms with E-state index < -0.39 is 0 Å². The molecule has 0 aliphatic heterocycles. The van der Waals surface area contributed by atoms with Gasteiger partial charge in [-0.05, 0) is 44.4 Å². The van der Waals surface area contributed by atoms with E-state index in [1.54, 1.807) is 0 Å². The maximum atomic E-state index is 4.90. The van der Waals surface area contributed by atoms with Gasteiger partial charge in [-0.25, -0.2) is 4.98 Å². The first kappa shape index (κ1) is 14.6. The molecule has 0 saturated heterocycles. The summed E-state index contributed by atoms with van der Waals surface area (Å²) in [6, 6.07) is 9.09. The summed E-state index contributed by atoms with van der Waals surface area (Å²) >= 11 is 0. The second-order valence-electron chi connectivity index (χ2n) is 6.17. The van der Waals surface area contributed by atoms with E-state index in [1.165, 1.54) is 37.0 Å². The number of hydrogen-bond acceptors (Lipinski definition) is 2. The molecule has 3 rings (SSSR count). The van der Waals surface area contributed by atoms with Gasteiger partial charge >= 0.3 is 0 Å². The van der Waals surface area contributed by atoms with Crippen molar-refractivity contribution in [1.82, 2.24) is 14.9 Å². The summed E-state index contributed by atoms with van der Waals surface area (Å²) in [5.41, 5.74) is 2.41. The van der Waals surface area contributed by atoms with Gasteiger partial charge in [-0.2, -0.15) is 0 Å². The lowest BCUT2D eigenvalue weighted by atomic mass is 9.95. The Kier molecular flexibility index (Phi) is 4.59. The molecule has 3 heteroatoms. The molecule has 1 fully saturated rings. The minimum atomic E-state index is 0.583. The Labute approximate surface area is 127 Å². The second kappa shape index (κ2) is 6.61. The van der Waals surface area contributed by atoms with E-state index in [2.05, 4.69) is 48.0 Å². The molecule has 1 heterocycles. The van der Waals surface area contributed by atoms with Gasteiger partial charge in [-0.3, -0.25) is 0 Å². The van der Waals surface area contributed by atoms with E-state index >= 15 is 0 Å². The fourth-order valence-corrected chi connectivity index (χ4v) is 3.86. The summed E-state index contributed by atoms with van der Waals surface area (Å²) in [4.78, 5) is 4.90. The van der Waals surface area contributed by atoms with Crippen LogP contribution in [-0.4, -0.2) is 22.1 Å². The quantitative estimate of drug-likeness (QED) is 0.875. The Hall–Kier alpha value is -1.35. The molecule has 0 amide bonds. The zero-order valence-electron chi connectivity index (χ0n) is 13.3. The molecule has 3 nitrogen and oxygen atoms in total. The van der Waals surface area contributed by atoms with E-state index in [9.17, 15) is 0 Å². The number of aromatic nitrogens is 2. The molecule has 21 heavy (non-hydrogen) atoms. The number of benzene rings is 1. The summed E-state index contributed by atoms with van der Waals surface area (Å²) in [5, 5.41) is 3.72. The minimum Gasteiger partial charge on any atom is -0.328 e. The van der Waals surface area contributed by atoms with Crippen molar-refractivity contribution in [2.75, 3.05) is 6.54 Å². The first-order valence-electron chi connectivity index (χ1n) is 8.51. The number of rotatable bonds is 6. The number of nitrogens with zero attached hydrogens (tertiary/aromatic N) is 2. The Morgan fingerprint density at radius 2 is 2.00 bits per heavy atom. The SMILES string of the molecule is CCNC(Cc1nc2ccccc2n1CC)C1CCCC1. The van der Waals surface area contributed by atoms with Crippen LogP contribution in [0.4, 0.5) is 0 Å². The van der Waals surface area contributed by atoms with E-state index in [4.69, 9.17) is 4.98 Å². The Morgan fingerprint density at radius 3 is 2.71 bits per heavy atom. The Morgan fingerprint density at radius 1 is 1.24 bits per heavy atom. The molecule has 0 spiro atoms. The third-order valence-corrected chi connectivity index (χ3v) is 4.89. The summed E-state index contributed by atoms with van der Waals surface area (Å²) < 4.78 is 2.38. The van der Waals surface area contributed by atoms with Gasteiger partial charge in [0.05, 0.1) is 11.0 Å². The molecular formula is C18H27N3. The minimum absolute atomic E-state index is 0.583. The monoisotopic (exact) mass is 285 g/mol. The Balaban J connectivity index is 1.87. The average molecular weight is 285 g/mol. The van der Waals surface area contributed by atoms with E-state index in [0.717, 1.165) is 30.9 Å². The Bertz CT molecular complexity index is 581. The zero-order valence-corrected chi connectivity index (χ0v) is 13.3. The van der Waals surface area contributed by atoms with Crippen molar-refractivity contribution in [2.24, 2.45) is 5.92 Å². The lowest BCUT2D eigenvalue weighted by Crippen LogP contribution is -2.37. The van der Waals surface area contributed by atoms with Gasteiger partial charge in [-0.15, -0.1) is 0 Å². The van der Waals surface area contributed by atoms with Crippen LogP contribution in [0.15, 0.2) is 24.3 Å². The summed E-state index contributed by atoms with van der Waals surface area (Å²) in [6.07, 6.45) is 6.61. The van der Waals surface area contributed by atoms with E-state index in [0.29, 0.717) is 6.04 Å². The van der Waals surface area contributed by atoms with Gasteiger partial charge < -0.3 is 9.88 Å². The highest BCUT2D eigenvalue weighted by Gasteiger charge is 2.26. The lowest BCUT2D eigenvalue weighted by Gasteiger charge is -2.24. The highest BCUT2D eigenvalue weighted by Crippen LogP contribution is 2.29. The fourth-order valence-electron chi connectivity index (χ4n) is 3.86. The fraction of sp³-hybridized carbons (Fsp3) is 0.611. The van der Waals surface area contributed by atoms with Crippen molar-refractivity contribution in [1.29, 1.82) is 0 Å². The van der Waals surface area contributed by atoms with Crippen LogP contribution in [0.25, 0.3) is 11.0 Å². The molecule has 1 saturated carbocycles. The molecule has 114 valence electrons. The molecule has 1 atom stereocenters. The second-order valence-corrected chi connectivity index (χ2v) is 6.17. The maximum absolute atomic E-state index is 4.90. The van der Waals surface area contributed by atoms with Crippen LogP contribution in [0.3, 0.4) is 0 Å². The van der Waals surface area contributed by atoms with Gasteiger partial charge in [0.15, 0.2) is 0 Å². The molecule has 1 aliphatic rings. The van der Waals surface area contributed by atoms with Crippen LogP contribution in [0.5, 0.6) is 0 Å². The lowest BCUT2D eigenvalue weighted by molar-refractivity contribution is 0.354. The van der Waals surface area contributed by atoms with Crippen LogP contribution in [-0.2, 0) is 13.0 Å². The van der Waals surface area contributed by atoms with Crippen molar-refractivity contribution in [3.05, 3.63) is 30.1 Å². The number of likely N-dealkylation sites (N-methyl/N-ethyl adjacent to an activating group) is 1. The average Bonchev–Trinajstić information content (AvgIpc) is 3.14. The van der Waals surface area contributed by atoms with Crippen LogP contribution >= 0.6 is 0 Å². The van der Waals surface area contributed by atoms with Gasteiger partial charge in [0.1, 0.15) is 5.82 Å². The maximum Gasteiger partial charge on any atom is 0.111 e. The van der Waals surface area contributed by atoms with Crippen LogP contribution in [0.1, 0.15) is 45.4 Å². The number of aryl methyl sites for hydroxylation is 1. The number of nitrogens with one attached hydrogen (secondary N) is 1. The summed E-state index contributed by atoms with van der Waals surface area (Å²) in [5.74, 6) is 2.08. The van der Waals surface area contributed by atoms with Crippen molar-refractivity contribution < 1.29 is 0 Å². The number of fused-ring (bicyclic) bond motifs is 1. The largest absolute Gasteiger partial charge is 0.328 e. The van der Waals surface area contributed by atoms with Crippen LogP contribution in [0.2, 0.25) is 0 Å². The predicted molar refractivity (Wildman–Crippen MR) is 88.5 cm³/mol. The van der Waals surface area contributed by atoms with Gasteiger partial charge in [-0.1, -0.05) is 31.9 Å². The predicted octanol–water partition coefficient (Wildman–Crippen LogP) is 3.77. The van der Waals surface area contributed by atoms with Crippen molar-refractivity contribution in [2.45, 2.75) is 58.5 Å². The first-order chi connectivity index (χ1) is 10.3. The normalized spacial score (nSPS) is 17.6. The standard InChI is InChI=1S/C18H27N3/c1-3-19-16(14-9-5-6-10-14)13-18-20-15-11-7-8-12-17(15)21(18)4-2/h7-8,11-12,14,16,19H,3-6,9-10,13H2,1-2H3. The van der Waals surface area contributed by atoms with Gasteiger partial charge in [0.25, 0.3) is 0 Å². The number of para-hydroxylation sites is 2. The third kappa shape index (κ3) is 2.98. The summed E-state index contributed by atoms with van der Waals surface area (Å²) in [6.45, 7) is 6.48. The molecule has 0 bridgehead atoms. The smallest absolute Gasteiger partial charge is 0.111 e. The summed E-state index contributed by atoms with van der Waals surface area (Å²) in [7, 11) is 0. The molecule has 0 radical (unpaired) electrons. The van der Waals surface area contributed by atoms with Crippen molar-refractivity contribution in [3.63, 3.8) is 0 Å².